The third kappa shape index (κ3) is 6.25. The molecule has 2 aliphatic carbocycles. The largest absolute Gasteiger partial charge is 0.338 e. The first-order valence-corrected chi connectivity index (χ1v) is 12.7. The van der Waals surface area contributed by atoms with Crippen LogP contribution in [0.15, 0.2) is 47.6 Å². The van der Waals surface area contributed by atoms with Gasteiger partial charge in [-0.25, -0.2) is 4.79 Å². The van der Waals surface area contributed by atoms with E-state index in [1.54, 1.807) is 24.3 Å². The van der Waals surface area contributed by atoms with Gasteiger partial charge in [-0.3, -0.25) is 25.0 Å². The van der Waals surface area contributed by atoms with Gasteiger partial charge in [0.25, 0.3) is 11.4 Å². The Morgan fingerprint density at radius 3 is 1.95 bits per heavy atom. The van der Waals surface area contributed by atoms with Crippen molar-refractivity contribution < 1.29 is 24.3 Å². The van der Waals surface area contributed by atoms with Gasteiger partial charge in [-0.2, -0.15) is 0 Å². The molecule has 2 saturated carbocycles. The molecular weight excluding hydrogens is 478 g/mol. The summed E-state index contributed by atoms with van der Waals surface area (Å²) in [5.74, 6) is -1.01. The summed E-state index contributed by atoms with van der Waals surface area (Å²) in [6.45, 7) is 0. The number of nitro benzene ring substituents is 2. The fraction of sp³-hybridized carbons (Fsp3) is 0.444. The molecule has 194 valence electrons. The highest BCUT2D eigenvalue weighted by Crippen LogP contribution is 2.34. The minimum absolute atomic E-state index is 0.101. The highest BCUT2D eigenvalue weighted by molar-refractivity contribution is 6.46. The summed E-state index contributed by atoms with van der Waals surface area (Å²) in [6, 6.07) is 9.67. The molecule has 2 aromatic carbocycles. The third-order valence-corrected chi connectivity index (χ3v) is 7.24. The Morgan fingerprint density at radius 2 is 1.38 bits per heavy atom. The third-order valence-electron chi connectivity index (χ3n) is 7.24. The van der Waals surface area contributed by atoms with Gasteiger partial charge in [-0.1, -0.05) is 67.9 Å². The predicted octanol–water partition coefficient (Wildman–Crippen LogP) is 6.41. The number of benzene rings is 2. The van der Waals surface area contributed by atoms with Gasteiger partial charge >= 0.3 is 5.97 Å². The fourth-order valence-electron chi connectivity index (χ4n) is 5.16. The van der Waals surface area contributed by atoms with E-state index < -0.39 is 15.5 Å². The molecule has 2 aromatic rings. The summed E-state index contributed by atoms with van der Waals surface area (Å²) in [5, 5.41) is 26.7. The van der Waals surface area contributed by atoms with E-state index in [1.807, 2.05) is 0 Å². The molecule has 0 radical (unpaired) electrons. The first-order chi connectivity index (χ1) is 17.8. The lowest BCUT2D eigenvalue weighted by Crippen LogP contribution is -2.28. The smallest absolute Gasteiger partial charge is 0.318 e. The van der Waals surface area contributed by atoms with Gasteiger partial charge in [0.15, 0.2) is 0 Å². The van der Waals surface area contributed by atoms with Gasteiger partial charge in [0.1, 0.15) is 5.71 Å². The van der Waals surface area contributed by atoms with Crippen molar-refractivity contribution in [2.24, 2.45) is 17.0 Å². The van der Waals surface area contributed by atoms with Crippen LogP contribution < -0.4 is 0 Å². The second-order valence-corrected chi connectivity index (χ2v) is 9.68. The maximum Gasteiger partial charge on any atom is 0.338 e. The first-order valence-electron chi connectivity index (χ1n) is 12.7. The van der Waals surface area contributed by atoms with Gasteiger partial charge in [0.05, 0.1) is 27.4 Å². The molecule has 10 heteroatoms. The van der Waals surface area contributed by atoms with Gasteiger partial charge in [-0.05, 0) is 37.3 Å². The van der Waals surface area contributed by atoms with Gasteiger partial charge in [0.2, 0.25) is 5.78 Å². The first kappa shape index (κ1) is 26.1. The molecule has 0 amide bonds. The van der Waals surface area contributed by atoms with E-state index >= 15 is 0 Å². The van der Waals surface area contributed by atoms with Gasteiger partial charge in [-0.15, -0.1) is 0 Å². The Labute approximate surface area is 214 Å². The highest BCUT2D eigenvalue weighted by Gasteiger charge is 2.29. The maximum atomic E-state index is 13.5. The average molecular weight is 508 g/mol. The number of Topliss-reactive ketones (excluding diaryl/α,β-unsaturated/α-hetero) is 1. The van der Waals surface area contributed by atoms with Crippen molar-refractivity contribution in [3.63, 3.8) is 0 Å². The van der Waals surface area contributed by atoms with Crippen LogP contribution in [-0.2, 0) is 9.63 Å². The Hall–Kier alpha value is -3.95. The molecule has 0 spiro atoms. The highest BCUT2D eigenvalue weighted by atomic mass is 16.7. The normalized spacial score (nSPS) is 17.2. The van der Waals surface area contributed by atoms with E-state index in [0.29, 0.717) is 11.1 Å². The quantitative estimate of drug-likeness (QED) is 0.132. The molecule has 0 unspecified atom stereocenters. The summed E-state index contributed by atoms with van der Waals surface area (Å²) in [7, 11) is 0. The van der Waals surface area contributed by atoms with Crippen LogP contribution in [0.4, 0.5) is 11.4 Å². The lowest BCUT2D eigenvalue weighted by molar-refractivity contribution is -0.393. The van der Waals surface area contributed by atoms with Crippen LogP contribution in [0.3, 0.4) is 0 Å². The van der Waals surface area contributed by atoms with Gasteiger partial charge < -0.3 is 4.84 Å². The van der Waals surface area contributed by atoms with E-state index in [2.05, 4.69) is 5.16 Å². The zero-order valence-electron chi connectivity index (χ0n) is 20.5. The number of non-ortho nitro benzene ring substituents is 1. The monoisotopic (exact) mass is 507 g/mol. The standard InChI is InChI=1S/C27H29N3O7/c31-26(25(19-7-3-1-4-8-19)28-37-27(32)21-9-5-2-6-10-21)20-13-11-18(12-14-20)23-16-15-22(29(33)34)17-24(23)30(35)36/h11-17,19,21H,1-10H2/b28-25-. The average Bonchev–Trinajstić information content (AvgIpc) is 2.93. The van der Waals surface area contributed by atoms with Crippen LogP contribution in [0.5, 0.6) is 0 Å². The Balaban J connectivity index is 1.58. The molecule has 2 aliphatic rings. The number of ketones is 1. The van der Waals surface area contributed by atoms with Crippen molar-refractivity contribution in [3.05, 3.63) is 68.3 Å². The van der Waals surface area contributed by atoms with E-state index in [-0.39, 0.29) is 40.6 Å². The molecule has 37 heavy (non-hydrogen) atoms. The van der Waals surface area contributed by atoms with E-state index in [9.17, 15) is 29.8 Å². The number of hydrogen-bond acceptors (Lipinski definition) is 8. The van der Waals surface area contributed by atoms with Crippen molar-refractivity contribution in [1.82, 2.24) is 0 Å². The second kappa shape index (κ2) is 11.9. The molecule has 0 heterocycles. The molecular formula is C27H29N3O7. The van der Waals surface area contributed by atoms with Crippen LogP contribution in [0.25, 0.3) is 11.1 Å². The van der Waals surface area contributed by atoms with Crippen LogP contribution >= 0.6 is 0 Å². The van der Waals surface area contributed by atoms with Crippen LogP contribution in [-0.4, -0.2) is 27.3 Å². The van der Waals surface area contributed by atoms with E-state index in [1.165, 1.54) is 12.1 Å². The predicted molar refractivity (Wildman–Crippen MR) is 136 cm³/mol. The van der Waals surface area contributed by atoms with E-state index in [0.717, 1.165) is 70.3 Å². The zero-order valence-corrected chi connectivity index (χ0v) is 20.5. The molecule has 10 nitrogen and oxygen atoms in total. The SMILES string of the molecule is O=C(/C(=N\OC(=O)C1CCCCC1)C1CCCCC1)c1ccc(-c2ccc([N+](=O)[O-])cc2[N+](=O)[O-])cc1. The van der Waals surface area contributed by atoms with Crippen LogP contribution in [0.1, 0.15) is 74.6 Å². The number of nitrogens with zero attached hydrogens (tertiary/aromatic N) is 3. The summed E-state index contributed by atoms with van der Waals surface area (Å²) >= 11 is 0. The summed E-state index contributed by atoms with van der Waals surface area (Å²) in [6.07, 6.45) is 9.23. The van der Waals surface area contributed by atoms with Crippen LogP contribution in [0.2, 0.25) is 0 Å². The Morgan fingerprint density at radius 1 is 0.784 bits per heavy atom. The van der Waals surface area contributed by atoms with Gasteiger partial charge in [0, 0.05) is 17.5 Å². The fourth-order valence-corrected chi connectivity index (χ4v) is 5.16. The lowest BCUT2D eigenvalue weighted by atomic mass is 9.83. The number of rotatable bonds is 8. The summed E-state index contributed by atoms with van der Waals surface area (Å²) < 4.78 is 0. The molecule has 0 aromatic heterocycles. The topological polar surface area (TPSA) is 142 Å². The molecule has 0 N–H and O–H groups in total. The molecule has 0 bridgehead atoms. The number of oxime groups is 1. The van der Waals surface area contributed by atoms with Crippen molar-refractivity contribution in [1.29, 1.82) is 0 Å². The van der Waals surface area contributed by atoms with Crippen molar-refractivity contribution in [2.75, 3.05) is 0 Å². The minimum Gasteiger partial charge on any atom is -0.318 e. The van der Waals surface area contributed by atoms with Crippen molar-refractivity contribution >= 4 is 28.8 Å². The van der Waals surface area contributed by atoms with Crippen molar-refractivity contribution in [2.45, 2.75) is 64.2 Å². The van der Waals surface area contributed by atoms with Crippen molar-refractivity contribution in [3.8, 4) is 11.1 Å². The summed E-state index contributed by atoms with van der Waals surface area (Å²) in [5.41, 5.74) is 0.435. The number of carbonyl (C=O) groups is 2. The molecule has 0 atom stereocenters. The maximum absolute atomic E-state index is 13.5. The lowest BCUT2D eigenvalue weighted by Gasteiger charge is -2.23. The Kier molecular flexibility index (Phi) is 8.37. The number of carbonyl (C=O) groups excluding carboxylic acids is 2. The Bertz CT molecular complexity index is 1210. The number of hydrogen-bond donors (Lipinski definition) is 0. The minimum atomic E-state index is -0.689. The molecule has 0 saturated heterocycles. The summed E-state index contributed by atoms with van der Waals surface area (Å²) in [4.78, 5) is 52.5. The molecule has 4 rings (SSSR count). The zero-order chi connectivity index (χ0) is 26.4. The number of nitro groups is 2. The van der Waals surface area contributed by atoms with E-state index in [4.69, 9.17) is 4.84 Å². The molecule has 0 aliphatic heterocycles. The second-order valence-electron chi connectivity index (χ2n) is 9.68. The van der Waals surface area contributed by atoms with Crippen LogP contribution in [0, 0.1) is 32.1 Å². The molecule has 2 fully saturated rings.